The predicted molar refractivity (Wildman–Crippen MR) is 80.8 cm³/mol. The quantitative estimate of drug-likeness (QED) is 0.538. The molecule has 2 aliphatic carbocycles. The average Bonchev–Trinajstić information content (AvgIpc) is 2.82. The molecule has 0 saturated heterocycles. The minimum Gasteiger partial charge on any atom is -0.0587 e. The lowest BCUT2D eigenvalue weighted by Gasteiger charge is -2.20. The maximum atomic E-state index is 2.39. The Balaban J connectivity index is 2.04. The lowest BCUT2D eigenvalue weighted by atomic mass is 9.84. The molecule has 0 unspecified atom stereocenters. The van der Waals surface area contributed by atoms with Gasteiger partial charge in [0.2, 0.25) is 0 Å². The Bertz CT molecular complexity index is 677. The zero-order valence-corrected chi connectivity index (χ0v) is 11.8. The van der Waals surface area contributed by atoms with Crippen molar-refractivity contribution in [1.82, 2.24) is 0 Å². The minimum atomic E-state index is 1.14. The van der Waals surface area contributed by atoms with Crippen molar-refractivity contribution in [2.24, 2.45) is 0 Å². The number of rotatable bonds is 0. The van der Waals surface area contributed by atoms with Gasteiger partial charge in [-0.15, -0.1) is 0 Å². The van der Waals surface area contributed by atoms with Crippen LogP contribution in [0, 0.1) is 13.8 Å². The van der Waals surface area contributed by atoms with Crippen LogP contribution in [0.2, 0.25) is 0 Å². The summed E-state index contributed by atoms with van der Waals surface area (Å²) < 4.78 is 0. The van der Waals surface area contributed by atoms with Crippen LogP contribution < -0.4 is 0 Å². The summed E-state index contributed by atoms with van der Waals surface area (Å²) in [6.45, 7) is 4.54. The van der Waals surface area contributed by atoms with E-state index in [0.29, 0.717) is 0 Å². The molecule has 0 bridgehead atoms. The Labute approximate surface area is 115 Å². The highest BCUT2D eigenvalue weighted by molar-refractivity contribution is 5.83. The minimum absolute atomic E-state index is 1.14. The van der Waals surface area contributed by atoms with Gasteiger partial charge in [-0.05, 0) is 90.5 Å². The maximum Gasteiger partial charge on any atom is -0.00132 e. The van der Waals surface area contributed by atoms with Gasteiger partial charge in [0.25, 0.3) is 0 Å². The summed E-state index contributed by atoms with van der Waals surface area (Å²) >= 11 is 0. The summed E-state index contributed by atoms with van der Waals surface area (Å²) in [4.78, 5) is 0. The summed E-state index contributed by atoms with van der Waals surface area (Å²) in [5.41, 5.74) is 12.5. The van der Waals surface area contributed by atoms with Crippen molar-refractivity contribution < 1.29 is 0 Å². The molecule has 2 aromatic carbocycles. The second-order valence-electron chi connectivity index (χ2n) is 6.16. The molecule has 0 radical (unpaired) electrons. The topological polar surface area (TPSA) is 0 Å². The van der Waals surface area contributed by atoms with Crippen LogP contribution in [0.5, 0.6) is 0 Å². The van der Waals surface area contributed by atoms with Gasteiger partial charge in [-0.2, -0.15) is 0 Å². The van der Waals surface area contributed by atoms with E-state index < -0.39 is 0 Å². The zero-order chi connectivity index (χ0) is 13.0. The van der Waals surface area contributed by atoms with Gasteiger partial charge >= 0.3 is 0 Å². The van der Waals surface area contributed by atoms with E-state index in [4.69, 9.17) is 0 Å². The molecular weight excluding hydrogens is 228 g/mol. The molecule has 0 amide bonds. The average molecular weight is 248 g/mol. The predicted octanol–water partition coefficient (Wildman–Crippen LogP) is 4.75. The molecule has 0 fully saturated rings. The summed E-state index contributed by atoms with van der Waals surface area (Å²) in [7, 11) is 0. The molecule has 2 aromatic rings. The molecule has 4 rings (SSSR count). The van der Waals surface area contributed by atoms with Gasteiger partial charge in [0.15, 0.2) is 0 Å². The van der Waals surface area contributed by atoms with Gasteiger partial charge in [0.1, 0.15) is 0 Å². The maximum absolute atomic E-state index is 2.39. The lowest BCUT2D eigenvalue weighted by molar-refractivity contribution is 0.686. The highest BCUT2D eigenvalue weighted by Crippen LogP contribution is 2.44. The lowest BCUT2D eigenvalue weighted by Crippen LogP contribution is -2.05. The van der Waals surface area contributed by atoms with Gasteiger partial charge in [0, 0.05) is 0 Å². The van der Waals surface area contributed by atoms with Crippen molar-refractivity contribution in [1.29, 1.82) is 0 Å². The monoisotopic (exact) mass is 248 g/mol. The van der Waals surface area contributed by atoms with Crippen LogP contribution in [0.15, 0.2) is 24.3 Å². The molecule has 19 heavy (non-hydrogen) atoms. The first-order chi connectivity index (χ1) is 9.25. The Morgan fingerprint density at radius 1 is 0.737 bits per heavy atom. The number of hydrogen-bond acceptors (Lipinski definition) is 0. The third-order valence-corrected chi connectivity index (χ3v) is 5.07. The Morgan fingerprint density at radius 3 is 2.32 bits per heavy atom. The van der Waals surface area contributed by atoms with Crippen molar-refractivity contribution in [2.75, 3.05) is 0 Å². The van der Waals surface area contributed by atoms with Crippen LogP contribution in [-0.2, 0) is 19.3 Å². The fourth-order valence-corrected chi connectivity index (χ4v) is 3.91. The Morgan fingerprint density at radius 2 is 1.42 bits per heavy atom. The standard InChI is InChI=1S/C19H20/c1-12-7-8-15-11-16-10-9-14-5-3-4-6-17(14)19(16)18(15)13(12)2/h7-10H,3-6,11H2,1-2H3. The van der Waals surface area contributed by atoms with Crippen LogP contribution in [0.1, 0.15) is 46.2 Å². The van der Waals surface area contributed by atoms with Crippen molar-refractivity contribution in [3.05, 3.63) is 57.6 Å². The van der Waals surface area contributed by atoms with E-state index in [-0.39, 0.29) is 0 Å². The number of benzene rings is 2. The Kier molecular flexibility index (Phi) is 2.35. The first kappa shape index (κ1) is 11.3. The molecule has 96 valence electrons. The van der Waals surface area contributed by atoms with Crippen LogP contribution >= 0.6 is 0 Å². The summed E-state index contributed by atoms with van der Waals surface area (Å²) in [6.07, 6.45) is 6.43. The SMILES string of the molecule is Cc1ccc2c(c1C)-c1c(ccc3c1CCCC3)C2. The largest absolute Gasteiger partial charge is 0.0587 e. The van der Waals surface area contributed by atoms with E-state index >= 15 is 0 Å². The smallest absolute Gasteiger partial charge is 0.00132 e. The van der Waals surface area contributed by atoms with Gasteiger partial charge in [0.05, 0.1) is 0 Å². The molecule has 0 aromatic heterocycles. The summed E-state index contributed by atoms with van der Waals surface area (Å²) in [6, 6.07) is 9.40. The fourth-order valence-electron chi connectivity index (χ4n) is 3.91. The van der Waals surface area contributed by atoms with Crippen molar-refractivity contribution in [3.63, 3.8) is 0 Å². The summed E-state index contributed by atoms with van der Waals surface area (Å²) in [5.74, 6) is 0. The molecule has 0 heterocycles. The van der Waals surface area contributed by atoms with Gasteiger partial charge in [-0.3, -0.25) is 0 Å². The van der Waals surface area contributed by atoms with E-state index in [2.05, 4.69) is 38.1 Å². The number of hydrogen-bond donors (Lipinski definition) is 0. The first-order valence-electron chi connectivity index (χ1n) is 7.49. The van der Waals surface area contributed by atoms with Crippen LogP contribution in [-0.4, -0.2) is 0 Å². The first-order valence-corrected chi connectivity index (χ1v) is 7.49. The normalized spacial score (nSPS) is 15.9. The molecule has 0 aliphatic heterocycles. The van der Waals surface area contributed by atoms with Crippen molar-refractivity contribution in [2.45, 2.75) is 46.0 Å². The summed E-state index contributed by atoms with van der Waals surface area (Å²) in [5, 5.41) is 0. The highest BCUT2D eigenvalue weighted by atomic mass is 14.3. The molecule has 2 aliphatic rings. The van der Waals surface area contributed by atoms with E-state index in [1.807, 2.05) is 0 Å². The van der Waals surface area contributed by atoms with E-state index in [1.165, 1.54) is 42.4 Å². The van der Waals surface area contributed by atoms with Gasteiger partial charge in [-0.1, -0.05) is 24.3 Å². The van der Waals surface area contributed by atoms with Crippen LogP contribution in [0.4, 0.5) is 0 Å². The third-order valence-electron chi connectivity index (χ3n) is 5.07. The molecule has 0 saturated carbocycles. The second-order valence-corrected chi connectivity index (χ2v) is 6.16. The zero-order valence-electron chi connectivity index (χ0n) is 11.8. The molecular formula is C19H20. The van der Waals surface area contributed by atoms with E-state index in [0.717, 1.165) is 6.42 Å². The van der Waals surface area contributed by atoms with E-state index in [1.54, 1.807) is 27.8 Å². The van der Waals surface area contributed by atoms with Crippen LogP contribution in [0.3, 0.4) is 0 Å². The van der Waals surface area contributed by atoms with Crippen molar-refractivity contribution in [3.8, 4) is 11.1 Å². The van der Waals surface area contributed by atoms with E-state index in [9.17, 15) is 0 Å². The molecule has 0 atom stereocenters. The highest BCUT2D eigenvalue weighted by Gasteiger charge is 2.26. The van der Waals surface area contributed by atoms with Gasteiger partial charge < -0.3 is 0 Å². The number of aryl methyl sites for hydroxylation is 2. The van der Waals surface area contributed by atoms with Crippen molar-refractivity contribution >= 4 is 0 Å². The van der Waals surface area contributed by atoms with Crippen LogP contribution in [0.25, 0.3) is 11.1 Å². The molecule has 0 N–H and O–H groups in total. The fraction of sp³-hybridized carbons (Fsp3) is 0.368. The molecule has 0 heteroatoms. The second kappa shape index (κ2) is 3.96. The molecule has 0 nitrogen and oxygen atoms in total. The number of fused-ring (bicyclic) bond motifs is 5. The Hall–Kier alpha value is -1.56. The third kappa shape index (κ3) is 1.52. The molecule has 0 spiro atoms. The van der Waals surface area contributed by atoms with Gasteiger partial charge in [-0.25, -0.2) is 0 Å².